The first-order valence-corrected chi connectivity index (χ1v) is 4.92. The molecule has 0 bridgehead atoms. The summed E-state index contributed by atoms with van der Waals surface area (Å²) < 4.78 is 28.0. The fourth-order valence-corrected chi connectivity index (χ4v) is 1.27. The summed E-state index contributed by atoms with van der Waals surface area (Å²) >= 11 is 0. The van der Waals surface area contributed by atoms with Crippen molar-refractivity contribution < 1.29 is 23.4 Å². The van der Waals surface area contributed by atoms with E-state index in [1.807, 2.05) is 0 Å². The van der Waals surface area contributed by atoms with Crippen LogP contribution < -0.4 is 5.73 Å². The second-order valence-corrected chi connectivity index (χ2v) is 3.21. The molecule has 5 nitrogen and oxygen atoms in total. The van der Waals surface area contributed by atoms with E-state index in [1.54, 1.807) is 18.2 Å². The maximum Gasteiger partial charge on any atom is 0.404 e. The van der Waals surface area contributed by atoms with Gasteiger partial charge in [0.05, 0.1) is 0 Å². The average Bonchev–Trinajstić information content (AvgIpc) is 2.30. The summed E-state index contributed by atoms with van der Waals surface area (Å²) in [6.45, 7) is -0.208. The molecule has 0 aromatic heterocycles. The molecule has 1 rings (SSSR count). The van der Waals surface area contributed by atoms with Gasteiger partial charge in [-0.2, -0.15) is 0 Å². The molecular formula is C11H14FNO4. The monoisotopic (exact) mass is 243 g/mol. The van der Waals surface area contributed by atoms with Crippen molar-refractivity contribution in [1.82, 2.24) is 0 Å². The summed E-state index contributed by atoms with van der Waals surface area (Å²) in [5, 5.41) is 0. The Morgan fingerprint density at radius 3 is 2.76 bits per heavy atom. The Morgan fingerprint density at radius 1 is 1.47 bits per heavy atom. The summed E-state index contributed by atoms with van der Waals surface area (Å²) in [5.41, 5.74) is 5.13. The van der Waals surface area contributed by atoms with E-state index in [-0.39, 0.29) is 19.0 Å². The first kappa shape index (κ1) is 13.4. The minimum atomic E-state index is -0.938. The highest BCUT2D eigenvalue weighted by molar-refractivity contribution is 5.64. The molecule has 2 N–H and O–H groups in total. The molecule has 1 unspecified atom stereocenters. The lowest BCUT2D eigenvalue weighted by Crippen LogP contribution is -2.20. The van der Waals surface area contributed by atoms with Gasteiger partial charge in [0.15, 0.2) is 0 Å². The van der Waals surface area contributed by atoms with E-state index in [1.165, 1.54) is 13.2 Å². The number of benzene rings is 1. The van der Waals surface area contributed by atoms with Gasteiger partial charge < -0.3 is 19.9 Å². The first-order valence-electron chi connectivity index (χ1n) is 4.92. The minimum Gasteiger partial charge on any atom is -0.447 e. The van der Waals surface area contributed by atoms with Crippen LogP contribution in [0.1, 0.15) is 11.7 Å². The number of methoxy groups -OCH3 is 1. The summed E-state index contributed by atoms with van der Waals surface area (Å²) in [6.07, 6.45) is -1.68. The van der Waals surface area contributed by atoms with Crippen LogP contribution in [0.5, 0.6) is 0 Å². The normalized spacial score (nSPS) is 12.1. The minimum absolute atomic E-state index is 0.0406. The lowest BCUT2D eigenvalue weighted by atomic mass is 10.1. The Kier molecular flexibility index (Phi) is 5.38. The van der Waals surface area contributed by atoms with Crippen molar-refractivity contribution in [3.05, 3.63) is 35.6 Å². The Labute approximate surface area is 98.3 Å². The van der Waals surface area contributed by atoms with E-state index in [0.717, 1.165) is 0 Å². The second kappa shape index (κ2) is 6.82. The van der Waals surface area contributed by atoms with Gasteiger partial charge >= 0.3 is 6.09 Å². The number of ether oxygens (including phenoxy) is 3. The highest BCUT2D eigenvalue weighted by atomic mass is 19.1. The number of carbonyl (C=O) groups is 1. The van der Waals surface area contributed by atoms with E-state index in [9.17, 15) is 9.18 Å². The molecular weight excluding hydrogens is 229 g/mol. The number of primary amides is 1. The number of amides is 1. The lowest BCUT2D eigenvalue weighted by molar-refractivity contribution is -0.0905. The molecule has 0 spiro atoms. The third kappa shape index (κ3) is 4.38. The number of carbonyl (C=O) groups excluding carboxylic acids is 1. The SMILES string of the molecule is COCOC(COC(N)=O)c1ccccc1F. The van der Waals surface area contributed by atoms with Gasteiger partial charge in [-0.25, -0.2) is 9.18 Å². The molecule has 17 heavy (non-hydrogen) atoms. The van der Waals surface area contributed by atoms with Crippen molar-refractivity contribution in [2.75, 3.05) is 20.5 Å². The van der Waals surface area contributed by atoms with Gasteiger partial charge in [0.1, 0.15) is 25.3 Å². The maximum atomic E-state index is 13.5. The molecule has 0 aliphatic rings. The highest BCUT2D eigenvalue weighted by Gasteiger charge is 2.17. The number of halogens is 1. The van der Waals surface area contributed by atoms with Crippen LogP contribution in [0.3, 0.4) is 0 Å². The second-order valence-electron chi connectivity index (χ2n) is 3.21. The van der Waals surface area contributed by atoms with Gasteiger partial charge in [0.25, 0.3) is 0 Å². The van der Waals surface area contributed by atoms with Gasteiger partial charge in [0, 0.05) is 12.7 Å². The van der Waals surface area contributed by atoms with Gasteiger partial charge in [0.2, 0.25) is 0 Å². The van der Waals surface area contributed by atoms with Gasteiger partial charge in [-0.3, -0.25) is 0 Å². The zero-order valence-electron chi connectivity index (χ0n) is 9.39. The molecule has 0 heterocycles. The van der Waals surface area contributed by atoms with Gasteiger partial charge in [-0.05, 0) is 6.07 Å². The predicted octanol–water partition coefficient (Wildman–Crippen LogP) is 1.58. The average molecular weight is 243 g/mol. The molecule has 94 valence electrons. The summed E-state index contributed by atoms with van der Waals surface area (Å²) in [4.78, 5) is 10.5. The smallest absolute Gasteiger partial charge is 0.404 e. The number of nitrogens with two attached hydrogens (primary N) is 1. The van der Waals surface area contributed by atoms with Crippen molar-refractivity contribution in [3.63, 3.8) is 0 Å². The van der Waals surface area contributed by atoms with E-state index in [4.69, 9.17) is 15.2 Å². The number of rotatable bonds is 6. The van der Waals surface area contributed by atoms with Crippen LogP contribution >= 0.6 is 0 Å². The third-order valence-electron chi connectivity index (χ3n) is 2.02. The topological polar surface area (TPSA) is 70.8 Å². The zero-order chi connectivity index (χ0) is 12.7. The van der Waals surface area contributed by atoms with Gasteiger partial charge in [-0.1, -0.05) is 18.2 Å². The van der Waals surface area contributed by atoms with Crippen LogP contribution in [0.2, 0.25) is 0 Å². The van der Waals surface area contributed by atoms with Crippen LogP contribution in [0.25, 0.3) is 0 Å². The maximum absolute atomic E-state index is 13.5. The molecule has 0 aliphatic carbocycles. The number of hydrogen-bond donors (Lipinski definition) is 1. The molecule has 6 heteroatoms. The Balaban J connectivity index is 2.74. The van der Waals surface area contributed by atoms with Crippen LogP contribution in [0, 0.1) is 5.82 Å². The van der Waals surface area contributed by atoms with Crippen molar-refractivity contribution in [1.29, 1.82) is 0 Å². The molecule has 0 aliphatic heterocycles. The van der Waals surface area contributed by atoms with Crippen molar-refractivity contribution in [2.45, 2.75) is 6.10 Å². The standard InChI is InChI=1S/C11H14FNO4/c1-15-7-17-10(6-16-11(13)14)8-4-2-3-5-9(8)12/h2-5,10H,6-7H2,1H3,(H2,13,14). The van der Waals surface area contributed by atoms with Crippen LogP contribution in [-0.2, 0) is 14.2 Å². The molecule has 1 aromatic rings. The predicted molar refractivity (Wildman–Crippen MR) is 57.6 cm³/mol. The Morgan fingerprint density at radius 2 is 2.18 bits per heavy atom. The van der Waals surface area contributed by atoms with E-state index in [0.29, 0.717) is 0 Å². The summed E-state index contributed by atoms with van der Waals surface area (Å²) in [7, 11) is 1.44. The zero-order valence-corrected chi connectivity index (χ0v) is 9.39. The van der Waals surface area contributed by atoms with Crippen molar-refractivity contribution in [2.24, 2.45) is 5.73 Å². The van der Waals surface area contributed by atoms with E-state index >= 15 is 0 Å². The fourth-order valence-electron chi connectivity index (χ4n) is 1.27. The van der Waals surface area contributed by atoms with Crippen LogP contribution in [0.4, 0.5) is 9.18 Å². The number of hydrogen-bond acceptors (Lipinski definition) is 4. The molecule has 0 radical (unpaired) electrons. The molecule has 1 aromatic carbocycles. The summed E-state index contributed by atoms with van der Waals surface area (Å²) in [5.74, 6) is -0.443. The molecule has 1 amide bonds. The quantitative estimate of drug-likeness (QED) is 0.770. The largest absolute Gasteiger partial charge is 0.447 e. The van der Waals surface area contributed by atoms with Crippen molar-refractivity contribution >= 4 is 6.09 Å². The first-order chi connectivity index (χ1) is 8.15. The van der Waals surface area contributed by atoms with E-state index in [2.05, 4.69) is 4.74 Å². The molecule has 0 saturated heterocycles. The third-order valence-corrected chi connectivity index (χ3v) is 2.02. The Bertz CT molecular complexity index is 372. The van der Waals surface area contributed by atoms with Crippen molar-refractivity contribution in [3.8, 4) is 0 Å². The van der Waals surface area contributed by atoms with Crippen LogP contribution in [-0.4, -0.2) is 26.6 Å². The molecule has 0 saturated carbocycles. The summed E-state index contributed by atoms with van der Waals surface area (Å²) in [6, 6.07) is 6.05. The molecule has 0 fully saturated rings. The Hall–Kier alpha value is -1.66. The van der Waals surface area contributed by atoms with Crippen LogP contribution in [0.15, 0.2) is 24.3 Å². The lowest BCUT2D eigenvalue weighted by Gasteiger charge is -2.17. The van der Waals surface area contributed by atoms with Gasteiger partial charge in [-0.15, -0.1) is 0 Å². The molecule has 1 atom stereocenters. The highest BCUT2D eigenvalue weighted by Crippen LogP contribution is 2.20. The fraction of sp³-hybridized carbons (Fsp3) is 0.364. The van der Waals surface area contributed by atoms with E-state index < -0.39 is 18.0 Å².